The summed E-state index contributed by atoms with van der Waals surface area (Å²) in [5, 5.41) is 0. The SMILES string of the molecule is N.O=CCc1ccccc1. The number of benzene rings is 1. The van der Waals surface area contributed by atoms with Crippen LogP contribution < -0.4 is 6.15 Å². The fourth-order valence-corrected chi connectivity index (χ4v) is 0.710. The van der Waals surface area contributed by atoms with Crippen molar-refractivity contribution in [2.75, 3.05) is 0 Å². The van der Waals surface area contributed by atoms with E-state index < -0.39 is 0 Å². The van der Waals surface area contributed by atoms with E-state index in [0.29, 0.717) is 6.42 Å². The predicted octanol–water partition coefficient (Wildman–Crippen LogP) is 1.59. The summed E-state index contributed by atoms with van der Waals surface area (Å²) >= 11 is 0. The van der Waals surface area contributed by atoms with Crippen molar-refractivity contribution in [2.45, 2.75) is 6.42 Å². The standard InChI is InChI=1S/C8H8O.H3N/c9-7-6-8-4-2-1-3-5-8;/h1-5,7H,6H2;1H3. The molecular formula is C8H11NO. The quantitative estimate of drug-likeness (QED) is 0.629. The third-order valence-electron chi connectivity index (χ3n) is 1.16. The Morgan fingerprint density at radius 2 is 1.80 bits per heavy atom. The maximum atomic E-state index is 9.97. The zero-order valence-electron chi connectivity index (χ0n) is 5.79. The normalized spacial score (nSPS) is 8.00. The second kappa shape index (κ2) is 4.70. The van der Waals surface area contributed by atoms with Crippen molar-refractivity contribution in [1.82, 2.24) is 6.15 Å². The van der Waals surface area contributed by atoms with Gasteiger partial charge in [0.2, 0.25) is 0 Å². The van der Waals surface area contributed by atoms with Gasteiger partial charge in [-0.25, -0.2) is 0 Å². The van der Waals surface area contributed by atoms with Gasteiger partial charge >= 0.3 is 0 Å². The van der Waals surface area contributed by atoms with Gasteiger partial charge in [-0.15, -0.1) is 0 Å². The van der Waals surface area contributed by atoms with Crippen molar-refractivity contribution < 1.29 is 4.79 Å². The van der Waals surface area contributed by atoms with Crippen molar-refractivity contribution in [3.8, 4) is 0 Å². The summed E-state index contributed by atoms with van der Waals surface area (Å²) in [5.74, 6) is 0. The summed E-state index contributed by atoms with van der Waals surface area (Å²) in [6, 6.07) is 9.68. The number of hydrogen-bond acceptors (Lipinski definition) is 2. The van der Waals surface area contributed by atoms with Gasteiger partial charge in [-0.2, -0.15) is 0 Å². The van der Waals surface area contributed by atoms with Gasteiger partial charge in [0.25, 0.3) is 0 Å². The van der Waals surface area contributed by atoms with Crippen LogP contribution in [0.2, 0.25) is 0 Å². The van der Waals surface area contributed by atoms with Crippen LogP contribution in [0.25, 0.3) is 0 Å². The maximum absolute atomic E-state index is 9.97. The zero-order valence-corrected chi connectivity index (χ0v) is 5.79. The summed E-state index contributed by atoms with van der Waals surface area (Å²) in [6.45, 7) is 0. The van der Waals surface area contributed by atoms with Gasteiger partial charge in [-0.3, -0.25) is 0 Å². The van der Waals surface area contributed by atoms with Crippen molar-refractivity contribution in [2.24, 2.45) is 0 Å². The van der Waals surface area contributed by atoms with Crippen LogP contribution >= 0.6 is 0 Å². The molecule has 0 atom stereocenters. The molecule has 0 aliphatic heterocycles. The van der Waals surface area contributed by atoms with Crippen molar-refractivity contribution in [1.29, 1.82) is 0 Å². The highest BCUT2D eigenvalue weighted by Gasteiger charge is 1.84. The maximum Gasteiger partial charge on any atom is 0.124 e. The molecule has 0 fully saturated rings. The van der Waals surface area contributed by atoms with Crippen LogP contribution in [0.15, 0.2) is 30.3 Å². The highest BCUT2D eigenvalue weighted by Crippen LogP contribution is 1.96. The molecule has 0 spiro atoms. The molecule has 0 aromatic heterocycles. The van der Waals surface area contributed by atoms with E-state index in [1.54, 1.807) is 0 Å². The van der Waals surface area contributed by atoms with Crippen molar-refractivity contribution in [3.05, 3.63) is 35.9 Å². The summed E-state index contributed by atoms with van der Waals surface area (Å²) in [4.78, 5) is 9.97. The van der Waals surface area contributed by atoms with Gasteiger partial charge in [0.15, 0.2) is 0 Å². The topological polar surface area (TPSA) is 52.1 Å². The molecule has 0 radical (unpaired) electrons. The second-order valence-corrected chi connectivity index (χ2v) is 1.86. The van der Waals surface area contributed by atoms with E-state index in [1.165, 1.54) is 0 Å². The lowest BCUT2D eigenvalue weighted by molar-refractivity contribution is -0.107. The Morgan fingerprint density at radius 3 is 2.30 bits per heavy atom. The highest BCUT2D eigenvalue weighted by molar-refractivity contribution is 5.54. The molecule has 0 unspecified atom stereocenters. The van der Waals surface area contributed by atoms with Crippen LogP contribution in [0.1, 0.15) is 5.56 Å². The minimum absolute atomic E-state index is 0. The Balaban J connectivity index is 0.000000810. The molecule has 1 rings (SSSR count). The Hall–Kier alpha value is -1.15. The third-order valence-corrected chi connectivity index (χ3v) is 1.16. The molecule has 2 heteroatoms. The molecule has 0 bridgehead atoms. The number of carbonyl (C=O) groups excluding carboxylic acids is 1. The first-order chi connectivity index (χ1) is 4.43. The first-order valence-electron chi connectivity index (χ1n) is 2.91. The van der Waals surface area contributed by atoms with Crippen molar-refractivity contribution >= 4 is 6.29 Å². The van der Waals surface area contributed by atoms with Gasteiger partial charge in [0, 0.05) is 6.42 Å². The molecule has 0 heterocycles. The fourth-order valence-electron chi connectivity index (χ4n) is 0.710. The van der Waals surface area contributed by atoms with E-state index in [9.17, 15) is 4.79 Å². The molecule has 0 aliphatic rings. The van der Waals surface area contributed by atoms with E-state index in [4.69, 9.17) is 0 Å². The van der Waals surface area contributed by atoms with Crippen LogP contribution in [0.4, 0.5) is 0 Å². The summed E-state index contributed by atoms with van der Waals surface area (Å²) in [5.41, 5.74) is 1.08. The van der Waals surface area contributed by atoms with Crippen LogP contribution in [-0.4, -0.2) is 6.29 Å². The first kappa shape index (κ1) is 8.85. The van der Waals surface area contributed by atoms with Crippen LogP contribution in [0, 0.1) is 0 Å². The molecule has 0 amide bonds. The highest BCUT2D eigenvalue weighted by atomic mass is 16.1. The van der Waals surface area contributed by atoms with Crippen molar-refractivity contribution in [3.63, 3.8) is 0 Å². The Bertz CT molecular complexity index is 184. The molecule has 0 saturated carbocycles. The van der Waals surface area contributed by atoms with Crippen LogP contribution in [0.3, 0.4) is 0 Å². The zero-order chi connectivity index (χ0) is 6.53. The second-order valence-electron chi connectivity index (χ2n) is 1.86. The molecule has 10 heavy (non-hydrogen) atoms. The molecule has 1 aromatic carbocycles. The molecule has 0 aliphatic carbocycles. The number of aldehydes is 1. The smallest absolute Gasteiger partial charge is 0.124 e. The number of hydrogen-bond donors (Lipinski definition) is 1. The average Bonchev–Trinajstić information content (AvgIpc) is 1.91. The average molecular weight is 137 g/mol. The van der Waals surface area contributed by atoms with Gasteiger partial charge in [0.1, 0.15) is 6.29 Å². The molecule has 3 N–H and O–H groups in total. The van der Waals surface area contributed by atoms with E-state index >= 15 is 0 Å². The third kappa shape index (κ3) is 2.42. The van der Waals surface area contributed by atoms with E-state index in [1.807, 2.05) is 30.3 Å². The lowest BCUT2D eigenvalue weighted by Gasteiger charge is -1.89. The molecule has 0 saturated heterocycles. The molecule has 1 aromatic rings. The summed E-state index contributed by atoms with van der Waals surface area (Å²) in [6.07, 6.45) is 1.44. The van der Waals surface area contributed by atoms with Gasteiger partial charge in [-0.05, 0) is 5.56 Å². The first-order valence-corrected chi connectivity index (χ1v) is 2.91. The Labute approximate surface area is 60.5 Å². The predicted molar refractivity (Wildman–Crippen MR) is 41.2 cm³/mol. The van der Waals surface area contributed by atoms with Crippen LogP contribution in [-0.2, 0) is 11.2 Å². The minimum atomic E-state index is 0. The summed E-state index contributed by atoms with van der Waals surface area (Å²) < 4.78 is 0. The minimum Gasteiger partial charge on any atom is -0.344 e. The van der Waals surface area contributed by atoms with E-state index in [0.717, 1.165) is 11.8 Å². The van der Waals surface area contributed by atoms with Gasteiger partial charge in [0.05, 0.1) is 0 Å². The largest absolute Gasteiger partial charge is 0.344 e. The molecule has 2 nitrogen and oxygen atoms in total. The molecule has 54 valence electrons. The number of rotatable bonds is 2. The van der Waals surface area contributed by atoms with E-state index in [-0.39, 0.29) is 6.15 Å². The molecular weight excluding hydrogens is 126 g/mol. The monoisotopic (exact) mass is 137 g/mol. The van der Waals surface area contributed by atoms with E-state index in [2.05, 4.69) is 0 Å². The Morgan fingerprint density at radius 1 is 1.20 bits per heavy atom. The van der Waals surface area contributed by atoms with Crippen LogP contribution in [0.5, 0.6) is 0 Å². The lowest BCUT2D eigenvalue weighted by Crippen LogP contribution is -1.82. The fraction of sp³-hybridized carbons (Fsp3) is 0.125. The van der Waals surface area contributed by atoms with Gasteiger partial charge in [-0.1, -0.05) is 30.3 Å². The Kier molecular flexibility index (Phi) is 4.16. The lowest BCUT2D eigenvalue weighted by atomic mass is 10.2. The van der Waals surface area contributed by atoms with Gasteiger partial charge < -0.3 is 10.9 Å². The summed E-state index contributed by atoms with van der Waals surface area (Å²) in [7, 11) is 0. The number of carbonyl (C=O) groups is 1.